The van der Waals surface area contributed by atoms with Crippen LogP contribution in [-0.2, 0) is 0 Å². The molecule has 0 aliphatic rings. The molecular formula is C10H13N3S. The van der Waals surface area contributed by atoms with Crippen LogP contribution in [0, 0.1) is 0 Å². The normalized spacial score (nSPS) is 13.0. The number of H-pyrrole nitrogens is 1. The first-order valence-corrected chi connectivity index (χ1v) is 5.48. The zero-order valence-corrected chi connectivity index (χ0v) is 8.84. The molecule has 1 unspecified atom stereocenters. The van der Waals surface area contributed by atoms with Crippen molar-refractivity contribution in [3.63, 3.8) is 0 Å². The van der Waals surface area contributed by atoms with Crippen molar-refractivity contribution >= 4 is 11.3 Å². The molecule has 0 bridgehead atoms. The van der Waals surface area contributed by atoms with E-state index in [1.54, 1.807) is 11.3 Å². The van der Waals surface area contributed by atoms with Crippen LogP contribution in [0.3, 0.4) is 0 Å². The van der Waals surface area contributed by atoms with Crippen LogP contribution in [0.2, 0.25) is 0 Å². The fourth-order valence-electron chi connectivity index (χ4n) is 1.26. The summed E-state index contributed by atoms with van der Waals surface area (Å²) in [5.41, 5.74) is 6.65. The third-order valence-corrected chi connectivity index (χ3v) is 3.11. The van der Waals surface area contributed by atoms with E-state index in [-0.39, 0.29) is 0 Å². The van der Waals surface area contributed by atoms with Gasteiger partial charge in [-0.25, -0.2) is 4.98 Å². The van der Waals surface area contributed by atoms with Crippen LogP contribution in [0.15, 0.2) is 23.7 Å². The fourth-order valence-corrected chi connectivity index (χ4v) is 1.95. The van der Waals surface area contributed by atoms with Gasteiger partial charge in [0.2, 0.25) is 0 Å². The van der Waals surface area contributed by atoms with Crippen molar-refractivity contribution in [2.45, 2.75) is 12.8 Å². The zero-order valence-electron chi connectivity index (χ0n) is 8.03. The highest BCUT2D eigenvalue weighted by Gasteiger charge is 2.08. The molecule has 0 radical (unpaired) electrons. The molecule has 0 aliphatic heterocycles. The maximum atomic E-state index is 5.57. The van der Waals surface area contributed by atoms with Gasteiger partial charge < -0.3 is 10.7 Å². The van der Waals surface area contributed by atoms with Crippen molar-refractivity contribution in [3.05, 3.63) is 29.5 Å². The Balaban J connectivity index is 2.26. The summed E-state index contributed by atoms with van der Waals surface area (Å²) in [6.45, 7) is 2.69. The molecule has 2 heterocycles. The van der Waals surface area contributed by atoms with Crippen molar-refractivity contribution in [1.29, 1.82) is 0 Å². The van der Waals surface area contributed by atoms with Gasteiger partial charge in [-0.05, 0) is 11.4 Å². The van der Waals surface area contributed by atoms with Gasteiger partial charge in [0.1, 0.15) is 5.82 Å². The Morgan fingerprint density at radius 3 is 3.14 bits per heavy atom. The van der Waals surface area contributed by atoms with Crippen molar-refractivity contribution in [3.8, 4) is 10.6 Å². The summed E-state index contributed by atoms with van der Waals surface area (Å²) in [5, 5.41) is 2.06. The number of imidazole rings is 1. The van der Waals surface area contributed by atoms with Crippen LogP contribution in [0.1, 0.15) is 18.7 Å². The quantitative estimate of drug-likeness (QED) is 0.810. The fraction of sp³-hybridized carbons (Fsp3) is 0.300. The number of hydrogen-bond donors (Lipinski definition) is 2. The minimum atomic E-state index is 0.295. The van der Waals surface area contributed by atoms with Crippen LogP contribution < -0.4 is 5.73 Å². The molecule has 0 amide bonds. The van der Waals surface area contributed by atoms with E-state index in [9.17, 15) is 0 Å². The molecule has 2 rings (SSSR count). The summed E-state index contributed by atoms with van der Waals surface area (Å²) >= 11 is 1.71. The summed E-state index contributed by atoms with van der Waals surface area (Å²) in [4.78, 5) is 8.82. The Bertz CT molecular complexity index is 391. The van der Waals surface area contributed by atoms with Crippen molar-refractivity contribution in [2.75, 3.05) is 6.54 Å². The van der Waals surface area contributed by atoms with Gasteiger partial charge in [-0.3, -0.25) is 0 Å². The maximum Gasteiger partial charge on any atom is 0.110 e. The lowest BCUT2D eigenvalue weighted by molar-refractivity contribution is 0.725. The van der Waals surface area contributed by atoms with Crippen LogP contribution in [0.4, 0.5) is 0 Å². The topological polar surface area (TPSA) is 54.7 Å². The minimum absolute atomic E-state index is 0.295. The number of nitrogens with one attached hydrogen (secondary N) is 1. The Hall–Kier alpha value is -1.13. The van der Waals surface area contributed by atoms with Gasteiger partial charge in [0.05, 0.1) is 16.8 Å². The predicted octanol–water partition coefficient (Wildman–Crippen LogP) is 2.20. The zero-order chi connectivity index (χ0) is 9.97. The second-order valence-corrected chi connectivity index (χ2v) is 4.24. The Morgan fingerprint density at radius 1 is 1.64 bits per heavy atom. The highest BCUT2D eigenvalue weighted by atomic mass is 32.1. The molecule has 0 saturated heterocycles. The molecule has 0 spiro atoms. The second-order valence-electron chi connectivity index (χ2n) is 3.30. The van der Waals surface area contributed by atoms with Gasteiger partial charge >= 0.3 is 0 Å². The summed E-state index contributed by atoms with van der Waals surface area (Å²) < 4.78 is 0. The van der Waals surface area contributed by atoms with Gasteiger partial charge in [-0.1, -0.05) is 13.0 Å². The Kier molecular flexibility index (Phi) is 2.65. The van der Waals surface area contributed by atoms with Crippen LogP contribution in [0.5, 0.6) is 0 Å². The van der Waals surface area contributed by atoms with E-state index in [1.165, 1.54) is 4.88 Å². The number of rotatable bonds is 3. The number of thiophene rings is 1. The number of aromatic nitrogens is 2. The largest absolute Gasteiger partial charge is 0.341 e. The lowest BCUT2D eigenvalue weighted by Crippen LogP contribution is -2.10. The molecule has 3 nitrogen and oxygen atoms in total. The highest BCUT2D eigenvalue weighted by Crippen LogP contribution is 2.23. The molecule has 0 aliphatic carbocycles. The van der Waals surface area contributed by atoms with Gasteiger partial charge in [-0.15, -0.1) is 11.3 Å². The molecule has 3 N–H and O–H groups in total. The first-order chi connectivity index (χ1) is 6.81. The lowest BCUT2D eigenvalue weighted by atomic mass is 10.2. The highest BCUT2D eigenvalue weighted by molar-refractivity contribution is 7.13. The first kappa shape index (κ1) is 9.43. The third kappa shape index (κ3) is 1.71. The Morgan fingerprint density at radius 2 is 2.50 bits per heavy atom. The Labute approximate surface area is 87.0 Å². The predicted molar refractivity (Wildman–Crippen MR) is 59.4 cm³/mol. The molecule has 0 fully saturated rings. The van der Waals surface area contributed by atoms with E-state index in [0.717, 1.165) is 11.5 Å². The van der Waals surface area contributed by atoms with Crippen molar-refractivity contribution in [1.82, 2.24) is 9.97 Å². The average Bonchev–Trinajstić information content (AvgIpc) is 2.86. The summed E-state index contributed by atoms with van der Waals surface area (Å²) in [6.07, 6.45) is 1.87. The van der Waals surface area contributed by atoms with E-state index in [1.807, 2.05) is 12.3 Å². The smallest absolute Gasteiger partial charge is 0.110 e. The van der Waals surface area contributed by atoms with E-state index in [2.05, 4.69) is 28.3 Å². The number of nitrogens with two attached hydrogens (primary N) is 1. The van der Waals surface area contributed by atoms with Gasteiger partial charge in [0, 0.05) is 12.5 Å². The number of aromatic amines is 1. The molecule has 1 atom stereocenters. The SMILES string of the molecule is CC(CN)c1ncc(-c2cccs2)[nH]1. The van der Waals surface area contributed by atoms with Gasteiger partial charge in [-0.2, -0.15) is 0 Å². The lowest BCUT2D eigenvalue weighted by Gasteiger charge is -2.02. The van der Waals surface area contributed by atoms with E-state index in [0.29, 0.717) is 12.5 Å². The molecule has 74 valence electrons. The van der Waals surface area contributed by atoms with Crippen LogP contribution >= 0.6 is 11.3 Å². The van der Waals surface area contributed by atoms with Crippen molar-refractivity contribution in [2.24, 2.45) is 5.73 Å². The van der Waals surface area contributed by atoms with E-state index >= 15 is 0 Å². The van der Waals surface area contributed by atoms with Gasteiger partial charge in [0.25, 0.3) is 0 Å². The third-order valence-electron chi connectivity index (χ3n) is 2.20. The molecule has 2 aromatic rings. The molecule has 0 aromatic carbocycles. The van der Waals surface area contributed by atoms with Crippen LogP contribution in [0.25, 0.3) is 10.6 Å². The molecule has 14 heavy (non-hydrogen) atoms. The van der Waals surface area contributed by atoms with Crippen molar-refractivity contribution < 1.29 is 0 Å². The second kappa shape index (κ2) is 3.94. The molecular weight excluding hydrogens is 194 g/mol. The monoisotopic (exact) mass is 207 g/mol. The maximum absolute atomic E-state index is 5.57. The summed E-state index contributed by atoms with van der Waals surface area (Å²) in [5.74, 6) is 1.26. The number of nitrogens with zero attached hydrogens (tertiary/aromatic N) is 1. The summed E-state index contributed by atoms with van der Waals surface area (Å²) in [7, 11) is 0. The van der Waals surface area contributed by atoms with Gasteiger partial charge in [0.15, 0.2) is 0 Å². The van der Waals surface area contributed by atoms with E-state index in [4.69, 9.17) is 5.73 Å². The summed E-state index contributed by atoms with van der Waals surface area (Å²) in [6, 6.07) is 4.11. The average molecular weight is 207 g/mol. The number of hydrogen-bond acceptors (Lipinski definition) is 3. The van der Waals surface area contributed by atoms with Crippen LogP contribution in [-0.4, -0.2) is 16.5 Å². The first-order valence-electron chi connectivity index (χ1n) is 4.60. The standard InChI is InChI=1S/C10H13N3S/c1-7(5-11)10-12-6-8(13-10)9-3-2-4-14-9/h2-4,6-7H,5,11H2,1H3,(H,12,13). The molecule has 0 saturated carbocycles. The minimum Gasteiger partial charge on any atom is -0.341 e. The van der Waals surface area contributed by atoms with E-state index < -0.39 is 0 Å². The molecule has 2 aromatic heterocycles. The molecule has 4 heteroatoms.